The minimum Gasteiger partial charge on any atom is -0.494 e. The van der Waals surface area contributed by atoms with E-state index in [0.29, 0.717) is 0 Å². The molecule has 0 saturated carbocycles. The van der Waals surface area contributed by atoms with Crippen molar-refractivity contribution in [3.63, 3.8) is 0 Å². The summed E-state index contributed by atoms with van der Waals surface area (Å²) >= 11 is 0. The number of nitrogens with two attached hydrogens (primary N) is 1. The highest BCUT2D eigenvalue weighted by Crippen LogP contribution is 2.29. The van der Waals surface area contributed by atoms with Crippen molar-refractivity contribution in [1.82, 2.24) is 0 Å². The Morgan fingerprint density at radius 1 is 1.19 bits per heavy atom. The van der Waals surface area contributed by atoms with Crippen LogP contribution in [0.4, 0.5) is 15.8 Å². The SMILES string of the molecule is COc1cc(F)ccc1NS(=O)(=O)c1ccc(C)cc1N. The van der Waals surface area contributed by atoms with Crippen molar-refractivity contribution in [3.8, 4) is 5.75 Å². The highest BCUT2D eigenvalue weighted by Gasteiger charge is 2.19. The molecule has 3 N–H and O–H groups in total. The molecule has 112 valence electrons. The number of hydrogen-bond donors (Lipinski definition) is 2. The van der Waals surface area contributed by atoms with Crippen molar-refractivity contribution in [1.29, 1.82) is 0 Å². The lowest BCUT2D eigenvalue weighted by atomic mass is 10.2. The Morgan fingerprint density at radius 3 is 2.52 bits per heavy atom. The number of anilines is 2. The van der Waals surface area contributed by atoms with Crippen molar-refractivity contribution in [2.45, 2.75) is 11.8 Å². The fraction of sp³-hybridized carbons (Fsp3) is 0.143. The van der Waals surface area contributed by atoms with E-state index in [2.05, 4.69) is 4.72 Å². The molecule has 0 aliphatic heterocycles. The first kappa shape index (κ1) is 15.1. The monoisotopic (exact) mass is 310 g/mol. The first-order valence-electron chi connectivity index (χ1n) is 6.06. The van der Waals surface area contributed by atoms with Gasteiger partial charge < -0.3 is 10.5 Å². The predicted molar refractivity (Wildman–Crippen MR) is 79.4 cm³/mol. The number of nitrogen functional groups attached to an aromatic ring is 1. The van der Waals surface area contributed by atoms with E-state index in [1.807, 2.05) is 6.92 Å². The molecule has 0 aliphatic rings. The maximum Gasteiger partial charge on any atom is 0.264 e. The van der Waals surface area contributed by atoms with Crippen LogP contribution in [-0.4, -0.2) is 15.5 Å². The number of methoxy groups -OCH3 is 1. The Labute approximate surface area is 122 Å². The largest absolute Gasteiger partial charge is 0.494 e. The van der Waals surface area contributed by atoms with Gasteiger partial charge in [0, 0.05) is 6.07 Å². The van der Waals surface area contributed by atoms with E-state index in [9.17, 15) is 12.8 Å². The Hall–Kier alpha value is -2.28. The number of aryl methyl sites for hydroxylation is 1. The number of ether oxygens (including phenoxy) is 1. The maximum absolute atomic E-state index is 13.1. The average molecular weight is 310 g/mol. The number of sulfonamides is 1. The molecule has 2 aromatic carbocycles. The van der Waals surface area contributed by atoms with Gasteiger partial charge in [-0.3, -0.25) is 4.72 Å². The Morgan fingerprint density at radius 2 is 1.90 bits per heavy atom. The summed E-state index contributed by atoms with van der Waals surface area (Å²) in [7, 11) is -2.56. The number of nitrogens with one attached hydrogen (secondary N) is 1. The summed E-state index contributed by atoms with van der Waals surface area (Å²) in [5.74, 6) is -0.436. The molecule has 0 saturated heterocycles. The van der Waals surface area contributed by atoms with E-state index in [0.717, 1.165) is 17.7 Å². The first-order valence-corrected chi connectivity index (χ1v) is 7.54. The van der Waals surface area contributed by atoms with Gasteiger partial charge in [-0.1, -0.05) is 6.07 Å². The van der Waals surface area contributed by atoms with Crippen LogP contribution in [0.2, 0.25) is 0 Å². The van der Waals surface area contributed by atoms with Gasteiger partial charge >= 0.3 is 0 Å². The zero-order valence-electron chi connectivity index (χ0n) is 11.6. The van der Waals surface area contributed by atoms with E-state index >= 15 is 0 Å². The lowest BCUT2D eigenvalue weighted by molar-refractivity contribution is 0.413. The smallest absolute Gasteiger partial charge is 0.264 e. The third-order valence-electron chi connectivity index (χ3n) is 2.86. The van der Waals surface area contributed by atoms with Gasteiger partial charge in [-0.15, -0.1) is 0 Å². The van der Waals surface area contributed by atoms with Gasteiger partial charge in [0.05, 0.1) is 18.5 Å². The summed E-state index contributed by atoms with van der Waals surface area (Å²) in [4.78, 5) is -0.0421. The van der Waals surface area contributed by atoms with Crippen molar-refractivity contribution in [2.24, 2.45) is 0 Å². The molecular weight excluding hydrogens is 295 g/mol. The summed E-state index contributed by atoms with van der Waals surface area (Å²) in [6.07, 6.45) is 0. The highest BCUT2D eigenvalue weighted by atomic mass is 32.2. The van der Waals surface area contributed by atoms with E-state index in [4.69, 9.17) is 10.5 Å². The zero-order valence-corrected chi connectivity index (χ0v) is 12.4. The summed E-state index contributed by atoms with van der Waals surface area (Å²) in [5.41, 5.74) is 6.88. The van der Waals surface area contributed by atoms with E-state index in [1.54, 1.807) is 12.1 Å². The Bertz CT molecular complexity index is 776. The molecule has 2 rings (SSSR count). The van der Waals surface area contributed by atoms with Crippen LogP contribution in [0.1, 0.15) is 5.56 Å². The number of hydrogen-bond acceptors (Lipinski definition) is 4. The molecule has 0 bridgehead atoms. The molecule has 2 aromatic rings. The lowest BCUT2D eigenvalue weighted by Gasteiger charge is -2.13. The minimum atomic E-state index is -3.88. The van der Waals surface area contributed by atoms with Gasteiger partial charge in [-0.05, 0) is 36.8 Å². The van der Waals surface area contributed by atoms with Crippen molar-refractivity contribution in [3.05, 3.63) is 47.8 Å². The molecule has 0 atom stereocenters. The molecule has 0 unspecified atom stereocenters. The third kappa shape index (κ3) is 3.25. The molecule has 0 aromatic heterocycles. The van der Waals surface area contributed by atoms with Gasteiger partial charge in [-0.2, -0.15) is 0 Å². The predicted octanol–water partition coefficient (Wildman–Crippen LogP) is 2.53. The lowest BCUT2D eigenvalue weighted by Crippen LogP contribution is -2.15. The molecule has 0 fully saturated rings. The van der Waals surface area contributed by atoms with Crippen molar-refractivity contribution >= 4 is 21.4 Å². The highest BCUT2D eigenvalue weighted by molar-refractivity contribution is 7.92. The third-order valence-corrected chi connectivity index (χ3v) is 4.30. The van der Waals surface area contributed by atoms with Crippen molar-refractivity contribution in [2.75, 3.05) is 17.6 Å². The molecule has 0 aliphatic carbocycles. The van der Waals surface area contributed by atoms with Crippen LogP contribution in [0.25, 0.3) is 0 Å². The van der Waals surface area contributed by atoms with E-state index in [-0.39, 0.29) is 22.0 Å². The fourth-order valence-corrected chi connectivity index (χ4v) is 3.05. The van der Waals surface area contributed by atoms with Crippen LogP contribution in [0.5, 0.6) is 5.75 Å². The summed E-state index contributed by atoms with van der Waals surface area (Å²) in [6.45, 7) is 1.81. The van der Waals surface area contributed by atoms with Gasteiger partial charge in [0.25, 0.3) is 10.0 Å². The fourth-order valence-electron chi connectivity index (χ4n) is 1.86. The second-order valence-electron chi connectivity index (χ2n) is 4.49. The van der Waals surface area contributed by atoms with Gasteiger partial charge in [-0.25, -0.2) is 12.8 Å². The molecule has 7 heteroatoms. The molecular formula is C14H15FN2O3S. The maximum atomic E-state index is 13.1. The molecule has 21 heavy (non-hydrogen) atoms. The first-order chi connectivity index (χ1) is 9.83. The number of benzene rings is 2. The van der Waals surface area contributed by atoms with Crippen LogP contribution in [0.3, 0.4) is 0 Å². The van der Waals surface area contributed by atoms with Crippen molar-refractivity contribution < 1.29 is 17.5 Å². The van der Waals surface area contributed by atoms with Crippen LogP contribution in [-0.2, 0) is 10.0 Å². The van der Waals surface area contributed by atoms with E-state index in [1.165, 1.54) is 19.2 Å². The average Bonchev–Trinajstić information content (AvgIpc) is 2.40. The standard InChI is InChI=1S/C14H15FN2O3S/c1-9-3-6-14(11(16)7-9)21(18,19)17-12-5-4-10(15)8-13(12)20-2/h3-8,17H,16H2,1-2H3. The van der Waals surface area contributed by atoms with Crippen LogP contribution in [0.15, 0.2) is 41.3 Å². The zero-order chi connectivity index (χ0) is 15.6. The molecule has 0 amide bonds. The van der Waals surface area contributed by atoms with Gasteiger partial charge in [0.15, 0.2) is 0 Å². The Balaban J connectivity index is 2.42. The second-order valence-corrected chi connectivity index (χ2v) is 6.14. The van der Waals surface area contributed by atoms with Crippen LogP contribution in [0, 0.1) is 12.7 Å². The van der Waals surface area contributed by atoms with Crippen LogP contribution < -0.4 is 15.2 Å². The molecule has 0 heterocycles. The quantitative estimate of drug-likeness (QED) is 0.850. The van der Waals surface area contributed by atoms with E-state index < -0.39 is 15.8 Å². The van der Waals surface area contributed by atoms with Gasteiger partial charge in [0.2, 0.25) is 0 Å². The molecule has 0 spiro atoms. The Kier molecular flexibility index (Phi) is 4.04. The summed E-state index contributed by atoms with van der Waals surface area (Å²) in [5, 5.41) is 0. The normalized spacial score (nSPS) is 11.2. The molecule has 0 radical (unpaired) electrons. The summed E-state index contributed by atoms with van der Waals surface area (Å²) < 4.78 is 45.1. The van der Waals surface area contributed by atoms with Gasteiger partial charge in [0.1, 0.15) is 16.5 Å². The minimum absolute atomic E-state index is 0.0421. The number of halogens is 1. The number of rotatable bonds is 4. The topological polar surface area (TPSA) is 81.4 Å². The summed E-state index contributed by atoms with van der Waals surface area (Å²) in [6, 6.07) is 8.15. The second kappa shape index (κ2) is 5.61. The molecule has 5 nitrogen and oxygen atoms in total. The van der Waals surface area contributed by atoms with Crippen LogP contribution >= 0.6 is 0 Å².